The van der Waals surface area contributed by atoms with Gasteiger partial charge >= 0.3 is 5.97 Å². The third-order valence-electron chi connectivity index (χ3n) is 4.15. The molecule has 2 aromatic carbocycles. The van der Waals surface area contributed by atoms with Crippen LogP contribution in [-0.4, -0.2) is 30.1 Å². The van der Waals surface area contributed by atoms with E-state index in [4.69, 9.17) is 9.47 Å². The summed E-state index contributed by atoms with van der Waals surface area (Å²) in [6.45, 7) is 4.53. The molecule has 1 N–H and O–H groups in total. The summed E-state index contributed by atoms with van der Waals surface area (Å²) in [5.74, 6) is -0.166. The molecule has 0 aromatic heterocycles. The van der Waals surface area contributed by atoms with Gasteiger partial charge in [-0.05, 0) is 49.1 Å². The Hall–Kier alpha value is -2.82. The molecule has 0 spiro atoms. The Labute approximate surface area is 146 Å². The second-order valence-corrected chi connectivity index (χ2v) is 6.20. The molecule has 0 aliphatic carbocycles. The molecule has 0 amide bonds. The molecular formula is C20H20O5. The zero-order valence-electron chi connectivity index (χ0n) is 14.2. The van der Waals surface area contributed by atoms with Gasteiger partial charge in [0.2, 0.25) is 0 Å². The summed E-state index contributed by atoms with van der Waals surface area (Å²) in [6, 6.07) is 9.58. The minimum atomic E-state index is -0.514. The largest absolute Gasteiger partial charge is 0.507 e. The van der Waals surface area contributed by atoms with E-state index in [1.54, 1.807) is 31.2 Å². The van der Waals surface area contributed by atoms with E-state index in [0.717, 1.165) is 5.56 Å². The van der Waals surface area contributed by atoms with Crippen molar-refractivity contribution < 1.29 is 24.2 Å². The number of ether oxygens (including phenoxy) is 2. The number of phenolic OH excluding ortho intramolecular Hbond substituents is 1. The number of esters is 1. The van der Waals surface area contributed by atoms with Crippen molar-refractivity contribution in [2.75, 3.05) is 13.2 Å². The number of rotatable bonds is 4. The van der Waals surface area contributed by atoms with Crippen LogP contribution < -0.4 is 4.74 Å². The van der Waals surface area contributed by atoms with Crippen molar-refractivity contribution in [3.8, 4) is 11.5 Å². The van der Waals surface area contributed by atoms with Gasteiger partial charge in [0.15, 0.2) is 5.78 Å². The van der Waals surface area contributed by atoms with Crippen molar-refractivity contribution in [2.45, 2.75) is 20.3 Å². The fourth-order valence-electron chi connectivity index (χ4n) is 2.98. The summed E-state index contributed by atoms with van der Waals surface area (Å²) in [5, 5.41) is 9.95. The predicted octanol–water partition coefficient (Wildman–Crippen LogP) is 3.37. The topological polar surface area (TPSA) is 72.8 Å². The molecule has 1 heterocycles. The first-order chi connectivity index (χ1) is 12.0. The van der Waals surface area contributed by atoms with E-state index < -0.39 is 5.97 Å². The zero-order valence-corrected chi connectivity index (χ0v) is 14.2. The SMILES string of the molecule is CCOC(=O)c1cc(C(=O)c2ccccc2O)cc2c1OCC(C)C2. The van der Waals surface area contributed by atoms with E-state index >= 15 is 0 Å². The number of benzene rings is 2. The lowest BCUT2D eigenvalue weighted by atomic mass is 9.91. The van der Waals surface area contributed by atoms with Crippen LogP contribution >= 0.6 is 0 Å². The summed E-state index contributed by atoms with van der Waals surface area (Å²) in [6.07, 6.45) is 0.712. The van der Waals surface area contributed by atoms with Crippen LogP contribution in [0.25, 0.3) is 0 Å². The lowest BCUT2D eigenvalue weighted by Gasteiger charge is -2.25. The number of fused-ring (bicyclic) bond motifs is 1. The molecule has 0 radical (unpaired) electrons. The van der Waals surface area contributed by atoms with E-state index in [1.165, 1.54) is 12.1 Å². The number of aromatic hydroxyl groups is 1. The molecule has 0 fully saturated rings. The maximum atomic E-state index is 12.8. The van der Waals surface area contributed by atoms with E-state index in [9.17, 15) is 14.7 Å². The lowest BCUT2D eigenvalue weighted by Crippen LogP contribution is -2.22. The van der Waals surface area contributed by atoms with Crippen LogP contribution in [0.1, 0.15) is 45.7 Å². The van der Waals surface area contributed by atoms with Crippen molar-refractivity contribution in [3.05, 3.63) is 58.7 Å². The fraction of sp³-hybridized carbons (Fsp3) is 0.300. The Morgan fingerprint density at radius 3 is 2.72 bits per heavy atom. The third kappa shape index (κ3) is 3.36. The number of carbonyl (C=O) groups excluding carboxylic acids is 2. The molecule has 5 nitrogen and oxygen atoms in total. The Bertz CT molecular complexity index is 825. The van der Waals surface area contributed by atoms with Gasteiger partial charge in [0.1, 0.15) is 17.1 Å². The molecule has 1 aliphatic rings. The Kier molecular flexibility index (Phi) is 4.74. The van der Waals surface area contributed by atoms with Gasteiger partial charge in [0.05, 0.1) is 18.8 Å². The van der Waals surface area contributed by atoms with Crippen LogP contribution in [0.15, 0.2) is 36.4 Å². The van der Waals surface area contributed by atoms with E-state index in [1.807, 2.05) is 6.92 Å². The first-order valence-corrected chi connectivity index (χ1v) is 8.30. The van der Waals surface area contributed by atoms with Gasteiger partial charge in [0, 0.05) is 5.56 Å². The maximum Gasteiger partial charge on any atom is 0.341 e. The van der Waals surface area contributed by atoms with Crippen LogP contribution in [0.2, 0.25) is 0 Å². The molecule has 3 rings (SSSR count). The summed E-state index contributed by atoms with van der Waals surface area (Å²) < 4.78 is 10.8. The highest BCUT2D eigenvalue weighted by atomic mass is 16.5. The highest BCUT2D eigenvalue weighted by Gasteiger charge is 2.26. The minimum Gasteiger partial charge on any atom is -0.507 e. The van der Waals surface area contributed by atoms with Gasteiger partial charge in [-0.15, -0.1) is 0 Å². The van der Waals surface area contributed by atoms with Gasteiger partial charge in [-0.3, -0.25) is 4.79 Å². The second kappa shape index (κ2) is 6.97. The maximum absolute atomic E-state index is 12.8. The van der Waals surface area contributed by atoms with Crippen molar-refractivity contribution in [1.82, 2.24) is 0 Å². The molecule has 2 aromatic rings. The predicted molar refractivity (Wildman–Crippen MR) is 92.3 cm³/mol. The summed E-state index contributed by atoms with van der Waals surface area (Å²) in [5.41, 5.74) is 1.59. The monoisotopic (exact) mass is 340 g/mol. The van der Waals surface area contributed by atoms with Crippen LogP contribution in [0, 0.1) is 5.92 Å². The Balaban J connectivity index is 2.10. The molecule has 0 saturated carbocycles. The average Bonchev–Trinajstić information content (AvgIpc) is 2.60. The fourth-order valence-corrected chi connectivity index (χ4v) is 2.98. The second-order valence-electron chi connectivity index (χ2n) is 6.20. The minimum absolute atomic E-state index is 0.0903. The van der Waals surface area contributed by atoms with Crippen molar-refractivity contribution in [3.63, 3.8) is 0 Å². The summed E-state index contributed by atoms with van der Waals surface area (Å²) in [7, 11) is 0. The number of ketones is 1. The lowest BCUT2D eigenvalue weighted by molar-refractivity contribution is 0.0519. The third-order valence-corrected chi connectivity index (χ3v) is 4.15. The molecule has 1 unspecified atom stereocenters. The smallest absolute Gasteiger partial charge is 0.341 e. The van der Waals surface area contributed by atoms with Crippen molar-refractivity contribution in [2.24, 2.45) is 5.92 Å². The van der Waals surface area contributed by atoms with Gasteiger partial charge < -0.3 is 14.6 Å². The Morgan fingerprint density at radius 2 is 2.00 bits per heavy atom. The van der Waals surface area contributed by atoms with Crippen LogP contribution in [0.5, 0.6) is 11.5 Å². The highest BCUT2D eigenvalue weighted by Crippen LogP contribution is 2.34. The van der Waals surface area contributed by atoms with Gasteiger partial charge in [0.25, 0.3) is 0 Å². The highest BCUT2D eigenvalue weighted by molar-refractivity contribution is 6.12. The number of hydrogen-bond donors (Lipinski definition) is 1. The average molecular weight is 340 g/mol. The molecule has 130 valence electrons. The van der Waals surface area contributed by atoms with Crippen LogP contribution in [0.4, 0.5) is 0 Å². The molecular weight excluding hydrogens is 320 g/mol. The van der Waals surface area contributed by atoms with Crippen molar-refractivity contribution in [1.29, 1.82) is 0 Å². The number of phenols is 1. The Morgan fingerprint density at radius 1 is 1.24 bits per heavy atom. The number of hydrogen-bond acceptors (Lipinski definition) is 5. The van der Waals surface area contributed by atoms with Crippen LogP contribution in [-0.2, 0) is 11.2 Å². The van der Waals surface area contributed by atoms with Gasteiger partial charge in [-0.2, -0.15) is 0 Å². The van der Waals surface area contributed by atoms with E-state index in [0.29, 0.717) is 24.3 Å². The van der Waals surface area contributed by atoms with Crippen LogP contribution in [0.3, 0.4) is 0 Å². The molecule has 0 bridgehead atoms. The summed E-state index contributed by atoms with van der Waals surface area (Å²) >= 11 is 0. The van der Waals surface area contributed by atoms with E-state index in [2.05, 4.69) is 0 Å². The van der Waals surface area contributed by atoms with Crippen molar-refractivity contribution >= 4 is 11.8 Å². The normalized spacial score (nSPS) is 15.8. The molecule has 5 heteroatoms. The standard InChI is InChI=1S/C20H20O5/c1-3-24-20(23)16-10-13(9-14-8-12(2)11-25-19(14)16)18(22)15-6-4-5-7-17(15)21/h4-7,9-10,12,21H,3,8,11H2,1-2H3. The molecule has 1 atom stereocenters. The molecule has 1 aliphatic heterocycles. The first kappa shape index (κ1) is 17.0. The van der Waals surface area contributed by atoms with E-state index in [-0.39, 0.29) is 35.2 Å². The molecule has 0 saturated heterocycles. The quantitative estimate of drug-likeness (QED) is 0.682. The summed E-state index contributed by atoms with van der Waals surface area (Å²) in [4.78, 5) is 25.1. The molecule has 25 heavy (non-hydrogen) atoms. The van der Waals surface area contributed by atoms with Gasteiger partial charge in [-0.25, -0.2) is 4.79 Å². The number of carbonyl (C=O) groups is 2. The zero-order chi connectivity index (χ0) is 18.0. The first-order valence-electron chi connectivity index (χ1n) is 8.30. The van der Waals surface area contributed by atoms with Gasteiger partial charge in [-0.1, -0.05) is 19.1 Å². The number of para-hydroxylation sites is 1.